The highest BCUT2D eigenvalue weighted by Gasteiger charge is 2.97. The van der Waals surface area contributed by atoms with Gasteiger partial charge in [0.05, 0.1) is 6.10 Å². The zero-order chi connectivity index (χ0) is 17.9. The molecule has 5 heterocycles. The fraction of sp³-hybridized carbons (Fsp3) is 0.850. The van der Waals surface area contributed by atoms with Gasteiger partial charge in [0.15, 0.2) is 0 Å². The molecule has 0 aromatic rings. The zero-order valence-corrected chi connectivity index (χ0v) is 15.3. The van der Waals surface area contributed by atoms with Crippen LogP contribution >= 0.6 is 0 Å². The molecule has 8 aliphatic rings. The van der Waals surface area contributed by atoms with E-state index in [9.17, 15) is 9.90 Å². The highest BCUT2D eigenvalue weighted by molar-refractivity contribution is 5.92. The van der Waals surface area contributed by atoms with Gasteiger partial charge in [-0.2, -0.15) is 0 Å². The van der Waals surface area contributed by atoms with E-state index in [4.69, 9.17) is 18.9 Å². The Morgan fingerprint density at radius 3 is 2.69 bits per heavy atom. The molecule has 5 aliphatic heterocycles. The molecule has 6 nitrogen and oxygen atoms in total. The molecule has 2 unspecified atom stereocenters. The van der Waals surface area contributed by atoms with Crippen molar-refractivity contribution in [3.63, 3.8) is 0 Å². The van der Waals surface area contributed by atoms with Gasteiger partial charge in [0.1, 0.15) is 41.7 Å². The maximum absolute atomic E-state index is 12.1. The Hall–Kier alpha value is -0.950. The molecule has 6 fully saturated rings. The van der Waals surface area contributed by atoms with Gasteiger partial charge in [0.25, 0.3) is 0 Å². The third-order valence-corrected chi connectivity index (χ3v) is 9.09. The first kappa shape index (κ1) is 15.0. The minimum Gasteiger partial charge on any atom is -0.458 e. The van der Waals surface area contributed by atoms with Crippen LogP contribution in [0.3, 0.4) is 0 Å². The van der Waals surface area contributed by atoms with Crippen LogP contribution in [-0.2, 0) is 23.7 Å². The van der Waals surface area contributed by atoms with E-state index in [1.807, 2.05) is 0 Å². The van der Waals surface area contributed by atoms with Gasteiger partial charge in [0, 0.05) is 23.3 Å². The molecule has 2 saturated carbocycles. The minimum atomic E-state index is -0.662. The third kappa shape index (κ3) is 1.12. The summed E-state index contributed by atoms with van der Waals surface area (Å²) >= 11 is 0. The predicted octanol–water partition coefficient (Wildman–Crippen LogP) is 1.10. The highest BCUT2D eigenvalue weighted by atomic mass is 16.7. The number of epoxide rings is 2. The maximum atomic E-state index is 12.1. The Morgan fingerprint density at radius 1 is 1.19 bits per heavy atom. The lowest BCUT2D eigenvalue weighted by molar-refractivity contribution is -0.366. The Bertz CT molecular complexity index is 811. The van der Waals surface area contributed by atoms with Crippen LogP contribution in [-0.4, -0.2) is 58.9 Å². The number of aliphatic hydroxyl groups is 1. The first-order valence-electron chi connectivity index (χ1n) is 9.94. The number of aliphatic hydroxyl groups excluding tert-OH is 1. The molecule has 140 valence electrons. The van der Waals surface area contributed by atoms with Crippen molar-refractivity contribution >= 4 is 5.97 Å². The molecule has 0 amide bonds. The monoisotopic (exact) mass is 360 g/mol. The number of esters is 1. The van der Waals surface area contributed by atoms with Crippen molar-refractivity contribution in [3.8, 4) is 0 Å². The summed E-state index contributed by atoms with van der Waals surface area (Å²) in [6.07, 6.45) is 1.70. The smallest absolute Gasteiger partial charge is 0.334 e. The van der Waals surface area contributed by atoms with E-state index in [0.29, 0.717) is 6.61 Å². The summed E-state index contributed by atoms with van der Waals surface area (Å²) in [6, 6.07) is 0. The second-order valence-corrected chi connectivity index (χ2v) is 9.95. The molecule has 26 heavy (non-hydrogen) atoms. The summed E-state index contributed by atoms with van der Waals surface area (Å²) < 4.78 is 24.5. The van der Waals surface area contributed by atoms with Crippen LogP contribution in [0.5, 0.6) is 0 Å². The second kappa shape index (κ2) is 3.79. The number of cyclic esters (lactones) is 1. The number of hydrogen-bond donors (Lipinski definition) is 1. The van der Waals surface area contributed by atoms with Gasteiger partial charge >= 0.3 is 5.97 Å². The largest absolute Gasteiger partial charge is 0.458 e. The van der Waals surface area contributed by atoms with E-state index in [1.54, 1.807) is 0 Å². The van der Waals surface area contributed by atoms with Crippen molar-refractivity contribution in [3.05, 3.63) is 11.1 Å². The van der Waals surface area contributed by atoms with Crippen LogP contribution in [0.15, 0.2) is 11.1 Å². The van der Waals surface area contributed by atoms with Crippen molar-refractivity contribution < 1.29 is 28.8 Å². The van der Waals surface area contributed by atoms with Crippen molar-refractivity contribution in [2.45, 2.75) is 81.3 Å². The number of carbonyl (C=O) groups excluding carboxylic acids is 1. The lowest BCUT2D eigenvalue weighted by Crippen LogP contribution is -2.83. The number of ether oxygens (including phenoxy) is 4. The fourth-order valence-corrected chi connectivity index (χ4v) is 7.90. The summed E-state index contributed by atoms with van der Waals surface area (Å²) in [4.78, 5) is 12.1. The van der Waals surface area contributed by atoms with Crippen LogP contribution in [0.25, 0.3) is 0 Å². The molecule has 6 heteroatoms. The summed E-state index contributed by atoms with van der Waals surface area (Å²) in [5.41, 5.74) is 0.151. The lowest BCUT2D eigenvalue weighted by Gasteiger charge is -2.70. The van der Waals surface area contributed by atoms with Gasteiger partial charge < -0.3 is 24.1 Å². The van der Waals surface area contributed by atoms with Gasteiger partial charge in [-0.05, 0) is 24.3 Å². The number of fused-ring (bicyclic) bond motifs is 2. The molecule has 0 aromatic carbocycles. The van der Waals surface area contributed by atoms with Crippen LogP contribution in [0.1, 0.15) is 40.0 Å². The van der Waals surface area contributed by atoms with Crippen molar-refractivity contribution in [1.29, 1.82) is 0 Å². The van der Waals surface area contributed by atoms with Gasteiger partial charge in [-0.15, -0.1) is 0 Å². The first-order chi connectivity index (χ1) is 12.3. The molecular formula is C20H24O6. The summed E-state index contributed by atoms with van der Waals surface area (Å²) in [5.74, 6) is 0.202. The molecule has 0 radical (unpaired) electrons. The van der Waals surface area contributed by atoms with E-state index in [0.717, 1.165) is 30.4 Å². The first-order valence-corrected chi connectivity index (χ1v) is 9.94. The van der Waals surface area contributed by atoms with Gasteiger partial charge in [-0.3, -0.25) is 0 Å². The zero-order valence-electron chi connectivity index (χ0n) is 15.3. The molecular weight excluding hydrogens is 336 g/mol. The Labute approximate surface area is 151 Å². The average Bonchev–Trinajstić information content (AvgIpc) is 3.42. The number of carbonyl (C=O) groups is 1. The number of hydrogen-bond acceptors (Lipinski definition) is 6. The van der Waals surface area contributed by atoms with E-state index in [-0.39, 0.29) is 41.5 Å². The molecule has 3 aliphatic carbocycles. The van der Waals surface area contributed by atoms with E-state index in [2.05, 4.69) is 20.8 Å². The molecule has 2 bridgehead atoms. The normalized spacial score (nSPS) is 63.1. The van der Waals surface area contributed by atoms with Crippen molar-refractivity contribution in [2.24, 2.45) is 17.3 Å². The summed E-state index contributed by atoms with van der Waals surface area (Å²) in [6.45, 7) is 6.89. The second-order valence-electron chi connectivity index (χ2n) is 9.95. The SMILES string of the molecule is CC(C)[C@]12O[C@H]1[C@@H]1O[C@@]13[C@@]1(C)CCC4=C(COC4=O)C1C1C[C@@]3(O1)[C@@H]2O. The summed E-state index contributed by atoms with van der Waals surface area (Å²) in [5, 5.41) is 11.4. The molecule has 2 spiro atoms. The lowest BCUT2D eigenvalue weighted by atomic mass is 9.42. The van der Waals surface area contributed by atoms with Crippen LogP contribution in [0.2, 0.25) is 0 Å². The Kier molecular flexibility index (Phi) is 2.19. The average molecular weight is 360 g/mol. The van der Waals surface area contributed by atoms with Crippen molar-refractivity contribution in [1.82, 2.24) is 0 Å². The van der Waals surface area contributed by atoms with Crippen LogP contribution in [0.4, 0.5) is 0 Å². The molecule has 9 atom stereocenters. The van der Waals surface area contributed by atoms with Crippen LogP contribution in [0, 0.1) is 17.3 Å². The molecule has 1 N–H and O–H groups in total. The predicted molar refractivity (Wildman–Crippen MR) is 87.1 cm³/mol. The molecule has 4 saturated heterocycles. The van der Waals surface area contributed by atoms with Gasteiger partial charge in [0.2, 0.25) is 0 Å². The Balaban J connectivity index is 1.39. The molecule has 0 aromatic heterocycles. The van der Waals surface area contributed by atoms with Gasteiger partial charge in [-0.1, -0.05) is 20.8 Å². The van der Waals surface area contributed by atoms with E-state index >= 15 is 0 Å². The highest BCUT2D eigenvalue weighted by Crippen LogP contribution is 2.82. The molecule has 8 rings (SSSR count). The number of rotatable bonds is 1. The summed E-state index contributed by atoms with van der Waals surface area (Å²) in [7, 11) is 0. The maximum Gasteiger partial charge on any atom is 0.334 e. The Morgan fingerprint density at radius 2 is 1.96 bits per heavy atom. The van der Waals surface area contributed by atoms with Crippen LogP contribution < -0.4 is 0 Å². The van der Waals surface area contributed by atoms with Gasteiger partial charge in [-0.25, -0.2) is 4.79 Å². The van der Waals surface area contributed by atoms with Crippen molar-refractivity contribution in [2.75, 3.05) is 6.61 Å². The van der Waals surface area contributed by atoms with E-state index in [1.165, 1.54) is 0 Å². The van der Waals surface area contributed by atoms with E-state index < -0.39 is 22.9 Å². The minimum absolute atomic E-state index is 0.0118. The quantitative estimate of drug-likeness (QED) is 0.557. The topological polar surface area (TPSA) is 80.8 Å². The third-order valence-electron chi connectivity index (χ3n) is 9.09. The fourth-order valence-electron chi connectivity index (χ4n) is 7.90. The standard InChI is InChI=1S/C20H24O6/c1-8(2)19-13(25-19)14-20(26-14)17(3)5-4-9-10(7-23-15(9)21)12(17)11-6-18(20,24-11)16(19)22/h8,11-14,16,22H,4-7H2,1-3H3/t11?,12?,13-,14-,16-,17-,18+,19-,20+/m0/s1.